The second-order valence-electron chi connectivity index (χ2n) is 2.05. The van der Waals surface area contributed by atoms with E-state index in [1.54, 1.807) is 12.1 Å². The Morgan fingerprint density at radius 3 is 2.92 bits per heavy atom. The van der Waals surface area contributed by atoms with Crippen LogP contribution in [0.4, 0.5) is 4.39 Å². The maximum Gasteiger partial charge on any atom is 0.139 e. The fraction of sp³-hybridized carbons (Fsp3) is 0.250. The van der Waals surface area contributed by atoms with Gasteiger partial charge in [0.2, 0.25) is 0 Å². The molecule has 1 nitrogen and oxygen atoms in total. The second kappa shape index (κ2) is 4.91. The van der Waals surface area contributed by atoms with Gasteiger partial charge in [-0.15, -0.1) is 11.8 Å². The van der Waals surface area contributed by atoms with Crippen molar-refractivity contribution >= 4 is 34.4 Å². The Balaban J connectivity index is 2.89. The molecule has 0 radical (unpaired) electrons. The van der Waals surface area contributed by atoms with E-state index in [1.807, 2.05) is 6.26 Å². The molecular formula is C8H8FIOS. The average Bonchev–Trinajstić information content (AvgIpc) is 2.09. The van der Waals surface area contributed by atoms with Crippen LogP contribution in [0.1, 0.15) is 0 Å². The maximum absolute atomic E-state index is 12.9. The Kier molecular flexibility index (Phi) is 4.14. The number of hydrogen-bond donors (Lipinski definition) is 0. The van der Waals surface area contributed by atoms with Crippen LogP contribution >= 0.6 is 34.4 Å². The number of halogens is 2. The van der Waals surface area contributed by atoms with E-state index in [9.17, 15) is 4.39 Å². The Labute approximate surface area is 88.8 Å². The molecule has 1 rings (SSSR count). The Bertz CT molecular complexity index is 267. The molecule has 0 bridgehead atoms. The molecule has 12 heavy (non-hydrogen) atoms. The molecule has 0 unspecified atom stereocenters. The molecule has 4 heteroatoms. The smallest absolute Gasteiger partial charge is 0.139 e. The van der Waals surface area contributed by atoms with Crippen molar-refractivity contribution < 1.29 is 9.13 Å². The normalized spacial score (nSPS) is 9.92. The molecule has 0 fully saturated rings. The summed E-state index contributed by atoms with van der Waals surface area (Å²) in [5.41, 5.74) is 0. The number of ether oxygens (including phenoxy) is 1. The lowest BCUT2D eigenvalue weighted by atomic mass is 10.3. The van der Waals surface area contributed by atoms with Crippen molar-refractivity contribution in [2.45, 2.75) is 4.90 Å². The molecule has 0 spiro atoms. The topological polar surface area (TPSA) is 9.23 Å². The van der Waals surface area contributed by atoms with Gasteiger partial charge in [0.1, 0.15) is 16.2 Å². The number of thioether (sulfide) groups is 1. The van der Waals surface area contributed by atoms with Crippen LogP contribution in [-0.2, 0) is 0 Å². The highest BCUT2D eigenvalue weighted by Crippen LogP contribution is 2.24. The van der Waals surface area contributed by atoms with Gasteiger partial charge in [0.05, 0.1) is 0 Å². The number of alkyl halides is 1. The van der Waals surface area contributed by atoms with Crippen LogP contribution in [0.3, 0.4) is 0 Å². The zero-order valence-corrected chi connectivity index (χ0v) is 9.49. The van der Waals surface area contributed by atoms with E-state index in [-0.39, 0.29) is 5.82 Å². The molecule has 0 aromatic heterocycles. The summed E-state index contributed by atoms with van der Waals surface area (Å²) in [6, 6.07) is 4.76. The van der Waals surface area contributed by atoms with Crippen LogP contribution < -0.4 is 4.74 Å². The first-order chi connectivity index (χ1) is 5.77. The van der Waals surface area contributed by atoms with Gasteiger partial charge in [-0.1, -0.05) is 0 Å². The molecule has 0 aliphatic carbocycles. The van der Waals surface area contributed by atoms with Gasteiger partial charge in [-0.25, -0.2) is 4.39 Å². The predicted octanol–water partition coefficient (Wildman–Crippen LogP) is 3.32. The van der Waals surface area contributed by atoms with Crippen LogP contribution in [0.5, 0.6) is 5.75 Å². The van der Waals surface area contributed by atoms with Crippen molar-refractivity contribution in [2.75, 3.05) is 10.9 Å². The summed E-state index contributed by atoms with van der Waals surface area (Å²) < 4.78 is 18.7. The van der Waals surface area contributed by atoms with E-state index in [0.29, 0.717) is 9.51 Å². The lowest BCUT2D eigenvalue weighted by molar-refractivity contribution is 0.401. The predicted molar refractivity (Wildman–Crippen MR) is 57.7 cm³/mol. The van der Waals surface area contributed by atoms with E-state index >= 15 is 0 Å². The third-order valence-corrected chi connectivity index (χ3v) is 2.41. The van der Waals surface area contributed by atoms with Crippen molar-refractivity contribution in [3.8, 4) is 5.75 Å². The zero-order valence-electron chi connectivity index (χ0n) is 6.51. The highest BCUT2D eigenvalue weighted by molar-refractivity contribution is 14.1. The Hall–Kier alpha value is 0.0300. The lowest BCUT2D eigenvalue weighted by Gasteiger charge is -2.04. The summed E-state index contributed by atoms with van der Waals surface area (Å²) in [6.45, 7) is 0. The van der Waals surface area contributed by atoms with Gasteiger partial charge in [0.15, 0.2) is 0 Å². The summed E-state index contributed by atoms with van der Waals surface area (Å²) in [5.74, 6) is 0.526. The SMILES string of the molecule is CSc1cc(OCI)ccc1F. The van der Waals surface area contributed by atoms with E-state index in [2.05, 4.69) is 22.6 Å². The first-order valence-corrected chi connectivity index (χ1v) is 6.05. The standard InChI is InChI=1S/C8H8FIOS/c1-12-8-4-6(11-5-10)2-3-7(8)9/h2-4H,5H2,1H3. The molecule has 0 saturated heterocycles. The monoisotopic (exact) mass is 298 g/mol. The van der Waals surface area contributed by atoms with Gasteiger partial charge in [0, 0.05) is 4.90 Å². The maximum atomic E-state index is 12.9. The number of hydrogen-bond acceptors (Lipinski definition) is 2. The van der Waals surface area contributed by atoms with Crippen LogP contribution in [0.15, 0.2) is 23.1 Å². The molecule has 0 aliphatic heterocycles. The van der Waals surface area contributed by atoms with E-state index < -0.39 is 0 Å². The van der Waals surface area contributed by atoms with Crippen molar-refractivity contribution in [3.63, 3.8) is 0 Å². The highest BCUT2D eigenvalue weighted by Gasteiger charge is 2.01. The van der Waals surface area contributed by atoms with Crippen LogP contribution in [0, 0.1) is 5.82 Å². The highest BCUT2D eigenvalue weighted by atomic mass is 127. The summed E-state index contributed by atoms with van der Waals surface area (Å²) in [4.78, 5) is 0.623. The first-order valence-electron chi connectivity index (χ1n) is 3.30. The number of benzene rings is 1. The van der Waals surface area contributed by atoms with Crippen molar-refractivity contribution in [2.24, 2.45) is 0 Å². The zero-order chi connectivity index (χ0) is 8.97. The molecule has 1 aromatic carbocycles. The van der Waals surface area contributed by atoms with E-state index in [4.69, 9.17) is 4.74 Å². The van der Waals surface area contributed by atoms with Crippen LogP contribution in [0.25, 0.3) is 0 Å². The molecule has 1 aromatic rings. The summed E-state index contributed by atoms with van der Waals surface area (Å²) in [5, 5.41) is 0. The van der Waals surface area contributed by atoms with E-state index in [0.717, 1.165) is 5.75 Å². The largest absolute Gasteiger partial charge is 0.483 e. The molecule has 0 N–H and O–H groups in total. The average molecular weight is 298 g/mol. The summed E-state index contributed by atoms with van der Waals surface area (Å²) >= 11 is 3.48. The van der Waals surface area contributed by atoms with Crippen molar-refractivity contribution in [1.82, 2.24) is 0 Å². The molecule has 66 valence electrons. The molecule has 0 aliphatic rings. The minimum absolute atomic E-state index is 0.191. The molecule has 0 saturated carbocycles. The molecule has 0 amide bonds. The Morgan fingerprint density at radius 2 is 2.33 bits per heavy atom. The molecule has 0 atom stereocenters. The minimum Gasteiger partial charge on any atom is -0.483 e. The third kappa shape index (κ3) is 2.52. The fourth-order valence-electron chi connectivity index (χ4n) is 0.793. The quantitative estimate of drug-likeness (QED) is 0.481. The number of rotatable bonds is 3. The van der Waals surface area contributed by atoms with Crippen LogP contribution in [0.2, 0.25) is 0 Å². The van der Waals surface area contributed by atoms with Gasteiger partial charge in [-0.05, 0) is 47.0 Å². The summed E-state index contributed by atoms with van der Waals surface area (Å²) in [6.07, 6.45) is 1.84. The fourth-order valence-corrected chi connectivity index (χ4v) is 1.65. The van der Waals surface area contributed by atoms with Crippen LogP contribution in [-0.4, -0.2) is 10.9 Å². The molecular weight excluding hydrogens is 290 g/mol. The van der Waals surface area contributed by atoms with E-state index in [1.165, 1.54) is 17.8 Å². The second-order valence-corrected chi connectivity index (χ2v) is 3.52. The lowest BCUT2D eigenvalue weighted by Crippen LogP contribution is -1.89. The van der Waals surface area contributed by atoms with Gasteiger partial charge < -0.3 is 4.74 Å². The minimum atomic E-state index is -0.191. The van der Waals surface area contributed by atoms with Gasteiger partial charge in [-0.3, -0.25) is 0 Å². The van der Waals surface area contributed by atoms with Crippen molar-refractivity contribution in [3.05, 3.63) is 24.0 Å². The van der Waals surface area contributed by atoms with Gasteiger partial charge in [0.25, 0.3) is 0 Å². The van der Waals surface area contributed by atoms with Gasteiger partial charge in [-0.2, -0.15) is 0 Å². The third-order valence-electron chi connectivity index (χ3n) is 1.34. The first kappa shape index (κ1) is 10.1. The van der Waals surface area contributed by atoms with Crippen molar-refractivity contribution in [1.29, 1.82) is 0 Å². The summed E-state index contributed by atoms with van der Waals surface area (Å²) in [7, 11) is 0. The van der Waals surface area contributed by atoms with Gasteiger partial charge >= 0.3 is 0 Å². The molecule has 0 heterocycles. The Morgan fingerprint density at radius 1 is 1.58 bits per heavy atom.